The average molecular weight is 501 g/mol. The SMILES string of the molecule is C=CCn1c(CC(=O)Nc2ccccc2Cl)nnc1SCC(=O)Nc1cc([N+](=O)[O-])ccc1C. The van der Waals surface area contributed by atoms with Gasteiger partial charge in [0.15, 0.2) is 5.16 Å². The highest BCUT2D eigenvalue weighted by Crippen LogP contribution is 2.24. The fourth-order valence-corrected chi connectivity index (χ4v) is 3.89. The molecule has 3 rings (SSSR count). The first-order valence-electron chi connectivity index (χ1n) is 10.0. The third kappa shape index (κ3) is 6.42. The minimum absolute atomic E-state index is 0.0107. The van der Waals surface area contributed by atoms with Crippen LogP contribution in [0.15, 0.2) is 60.3 Å². The summed E-state index contributed by atoms with van der Waals surface area (Å²) < 4.78 is 1.69. The molecule has 2 aromatic carbocycles. The largest absolute Gasteiger partial charge is 0.325 e. The Morgan fingerprint density at radius 3 is 2.62 bits per heavy atom. The number of nitrogens with zero attached hydrogens (tertiary/aromatic N) is 4. The lowest BCUT2D eigenvalue weighted by molar-refractivity contribution is -0.384. The van der Waals surface area contributed by atoms with E-state index in [2.05, 4.69) is 27.4 Å². The molecular weight excluding hydrogens is 480 g/mol. The number of carbonyl (C=O) groups is 2. The first kappa shape index (κ1) is 24.9. The topological polar surface area (TPSA) is 132 Å². The second-order valence-electron chi connectivity index (χ2n) is 7.10. The van der Waals surface area contributed by atoms with Crippen molar-refractivity contribution < 1.29 is 14.5 Å². The number of nitro groups is 1. The van der Waals surface area contributed by atoms with Crippen LogP contribution >= 0.6 is 23.4 Å². The summed E-state index contributed by atoms with van der Waals surface area (Å²) in [6.45, 7) is 5.81. The summed E-state index contributed by atoms with van der Waals surface area (Å²) in [6.07, 6.45) is 1.58. The Labute approximate surface area is 204 Å². The molecule has 0 saturated heterocycles. The molecule has 0 radical (unpaired) electrons. The quantitative estimate of drug-likeness (QED) is 0.184. The third-order valence-electron chi connectivity index (χ3n) is 4.61. The van der Waals surface area contributed by atoms with E-state index in [1.807, 2.05) is 0 Å². The highest BCUT2D eigenvalue weighted by Gasteiger charge is 2.18. The number of hydrogen-bond donors (Lipinski definition) is 2. The number of aromatic nitrogens is 3. The van der Waals surface area contributed by atoms with Gasteiger partial charge in [0.2, 0.25) is 11.8 Å². The van der Waals surface area contributed by atoms with Gasteiger partial charge in [0.05, 0.1) is 33.5 Å². The molecule has 176 valence electrons. The van der Waals surface area contributed by atoms with Gasteiger partial charge >= 0.3 is 0 Å². The van der Waals surface area contributed by atoms with E-state index in [1.54, 1.807) is 47.9 Å². The second kappa shape index (κ2) is 11.4. The predicted molar refractivity (Wildman–Crippen MR) is 131 cm³/mol. The van der Waals surface area contributed by atoms with Gasteiger partial charge in [-0.25, -0.2) is 0 Å². The molecule has 0 spiro atoms. The molecule has 0 fully saturated rings. The van der Waals surface area contributed by atoms with Crippen LogP contribution in [-0.4, -0.2) is 37.3 Å². The zero-order valence-electron chi connectivity index (χ0n) is 18.2. The number of carbonyl (C=O) groups excluding carboxylic acids is 2. The molecule has 0 saturated carbocycles. The van der Waals surface area contributed by atoms with Crippen LogP contribution in [0.2, 0.25) is 5.02 Å². The summed E-state index contributed by atoms with van der Waals surface area (Å²) in [6, 6.07) is 11.1. The number of allylic oxidation sites excluding steroid dienone is 1. The first-order valence-corrected chi connectivity index (χ1v) is 11.4. The van der Waals surface area contributed by atoms with E-state index < -0.39 is 4.92 Å². The normalized spacial score (nSPS) is 10.5. The monoisotopic (exact) mass is 500 g/mol. The van der Waals surface area contributed by atoms with Crippen molar-refractivity contribution in [2.75, 3.05) is 16.4 Å². The lowest BCUT2D eigenvalue weighted by Crippen LogP contribution is -2.18. The van der Waals surface area contributed by atoms with Gasteiger partial charge in [-0.3, -0.25) is 19.7 Å². The van der Waals surface area contributed by atoms with Crippen molar-refractivity contribution in [3.8, 4) is 0 Å². The molecule has 1 heterocycles. The zero-order chi connectivity index (χ0) is 24.7. The number of aryl methyl sites for hydroxylation is 1. The van der Waals surface area contributed by atoms with Crippen LogP contribution < -0.4 is 10.6 Å². The first-order chi connectivity index (χ1) is 16.3. The second-order valence-corrected chi connectivity index (χ2v) is 8.45. The smallest absolute Gasteiger partial charge is 0.271 e. The molecule has 0 aliphatic carbocycles. The molecule has 2 amide bonds. The summed E-state index contributed by atoms with van der Waals surface area (Å²) in [5, 5.41) is 25.4. The van der Waals surface area contributed by atoms with Gasteiger partial charge in [0.1, 0.15) is 5.82 Å². The Morgan fingerprint density at radius 2 is 1.91 bits per heavy atom. The van der Waals surface area contributed by atoms with E-state index in [4.69, 9.17) is 11.6 Å². The maximum atomic E-state index is 12.5. The lowest BCUT2D eigenvalue weighted by atomic mass is 10.2. The number of benzene rings is 2. The minimum Gasteiger partial charge on any atom is -0.325 e. The molecule has 0 unspecified atom stereocenters. The van der Waals surface area contributed by atoms with E-state index in [9.17, 15) is 19.7 Å². The van der Waals surface area contributed by atoms with Crippen molar-refractivity contribution in [1.82, 2.24) is 14.8 Å². The molecule has 0 bridgehead atoms. The van der Waals surface area contributed by atoms with Crippen LogP contribution in [0, 0.1) is 17.0 Å². The van der Waals surface area contributed by atoms with E-state index in [0.717, 1.165) is 11.8 Å². The Kier molecular flexibility index (Phi) is 8.39. The molecule has 3 aromatic rings. The van der Waals surface area contributed by atoms with Crippen molar-refractivity contribution in [3.63, 3.8) is 0 Å². The summed E-state index contributed by atoms with van der Waals surface area (Å²) in [5.41, 5.74) is 1.44. The van der Waals surface area contributed by atoms with Crippen molar-refractivity contribution in [2.45, 2.75) is 25.0 Å². The number of non-ortho nitro benzene ring substituents is 1. The molecule has 12 heteroatoms. The Morgan fingerprint density at radius 1 is 1.18 bits per heavy atom. The van der Waals surface area contributed by atoms with Gasteiger partial charge < -0.3 is 15.2 Å². The van der Waals surface area contributed by atoms with Gasteiger partial charge in [-0.15, -0.1) is 16.8 Å². The van der Waals surface area contributed by atoms with E-state index in [1.165, 1.54) is 12.1 Å². The molecule has 34 heavy (non-hydrogen) atoms. The number of rotatable bonds is 10. The molecule has 0 aliphatic rings. The maximum absolute atomic E-state index is 12.5. The summed E-state index contributed by atoms with van der Waals surface area (Å²) in [7, 11) is 0. The number of hydrogen-bond acceptors (Lipinski definition) is 7. The maximum Gasteiger partial charge on any atom is 0.271 e. The van der Waals surface area contributed by atoms with Crippen LogP contribution in [0.3, 0.4) is 0 Å². The molecule has 2 N–H and O–H groups in total. The van der Waals surface area contributed by atoms with Gasteiger partial charge in [-0.05, 0) is 24.6 Å². The number of nitro benzene ring substituents is 1. The fraction of sp³-hybridized carbons (Fsp3) is 0.182. The Balaban J connectivity index is 1.65. The number of nitrogens with one attached hydrogen (secondary N) is 2. The predicted octanol–water partition coefficient (Wildman–Crippen LogP) is 4.25. The van der Waals surface area contributed by atoms with E-state index in [0.29, 0.717) is 39.5 Å². The van der Waals surface area contributed by atoms with Crippen LogP contribution in [0.25, 0.3) is 0 Å². The third-order valence-corrected chi connectivity index (χ3v) is 5.91. The van der Waals surface area contributed by atoms with Crippen LogP contribution in [0.5, 0.6) is 0 Å². The van der Waals surface area contributed by atoms with Crippen molar-refractivity contribution in [3.05, 3.63) is 81.6 Å². The number of thioether (sulfide) groups is 1. The van der Waals surface area contributed by atoms with Crippen LogP contribution in [-0.2, 0) is 22.6 Å². The van der Waals surface area contributed by atoms with Gasteiger partial charge in [0, 0.05) is 18.7 Å². The summed E-state index contributed by atoms with van der Waals surface area (Å²) >= 11 is 7.21. The van der Waals surface area contributed by atoms with Crippen molar-refractivity contribution in [1.29, 1.82) is 0 Å². The van der Waals surface area contributed by atoms with Crippen molar-refractivity contribution >= 4 is 52.2 Å². The van der Waals surface area contributed by atoms with Gasteiger partial charge in [0.25, 0.3) is 5.69 Å². The molecule has 10 nitrogen and oxygen atoms in total. The highest BCUT2D eigenvalue weighted by atomic mass is 35.5. The minimum atomic E-state index is -0.523. The number of anilines is 2. The molecular formula is C22H21ClN6O4S. The van der Waals surface area contributed by atoms with Crippen molar-refractivity contribution in [2.24, 2.45) is 0 Å². The Bertz CT molecular complexity index is 1250. The Hall–Kier alpha value is -3.70. The lowest BCUT2D eigenvalue weighted by Gasteiger charge is -2.10. The standard InChI is InChI=1S/C22H21ClN6O4S/c1-3-10-28-19(12-20(30)24-17-7-5-4-6-16(17)23)26-27-22(28)34-13-21(31)25-18-11-15(29(32)33)9-8-14(18)2/h3-9,11H,1,10,12-13H2,2H3,(H,24,30)(H,25,31). The zero-order valence-corrected chi connectivity index (χ0v) is 19.7. The number of para-hydroxylation sites is 1. The summed E-state index contributed by atoms with van der Waals surface area (Å²) in [4.78, 5) is 35.4. The van der Waals surface area contributed by atoms with Crippen LogP contribution in [0.1, 0.15) is 11.4 Å². The van der Waals surface area contributed by atoms with E-state index in [-0.39, 0.29) is 29.7 Å². The molecule has 0 aliphatic heterocycles. The number of halogens is 1. The van der Waals surface area contributed by atoms with Gasteiger partial charge in [-0.1, -0.05) is 47.6 Å². The van der Waals surface area contributed by atoms with Gasteiger partial charge in [-0.2, -0.15) is 0 Å². The molecule has 1 aromatic heterocycles. The number of amides is 2. The van der Waals surface area contributed by atoms with E-state index >= 15 is 0 Å². The summed E-state index contributed by atoms with van der Waals surface area (Å²) in [5.74, 6) is -0.286. The fourth-order valence-electron chi connectivity index (χ4n) is 2.94. The average Bonchev–Trinajstić information content (AvgIpc) is 3.16. The highest BCUT2D eigenvalue weighted by molar-refractivity contribution is 7.99. The molecule has 0 atom stereocenters. The van der Waals surface area contributed by atoms with Crippen LogP contribution in [0.4, 0.5) is 17.1 Å².